The van der Waals surface area contributed by atoms with Crippen molar-refractivity contribution in [2.45, 2.75) is 40.3 Å². The molecular weight excluding hydrogens is 414 g/mol. The van der Waals surface area contributed by atoms with E-state index in [4.69, 9.17) is 9.15 Å². The number of hydrogen-bond donors (Lipinski definition) is 2. The first kappa shape index (κ1) is 22.5. The minimum Gasteiger partial charge on any atom is -0.462 e. The summed E-state index contributed by atoms with van der Waals surface area (Å²) in [4.78, 5) is 25.6. The predicted octanol–water partition coefficient (Wildman–Crippen LogP) is 4.02. The molecule has 1 aromatic carbocycles. The van der Waals surface area contributed by atoms with Crippen LogP contribution in [0.3, 0.4) is 0 Å². The maximum absolute atomic E-state index is 12.0. The first-order valence-electron chi connectivity index (χ1n) is 10.0. The summed E-state index contributed by atoms with van der Waals surface area (Å²) in [6.45, 7) is 8.31. The fraction of sp³-hybridized carbons (Fsp3) is 0.364. The highest BCUT2D eigenvalue weighted by atomic mass is 32.1. The van der Waals surface area contributed by atoms with Crippen LogP contribution in [0.1, 0.15) is 51.7 Å². The Morgan fingerprint density at radius 3 is 2.71 bits per heavy atom. The van der Waals surface area contributed by atoms with Crippen LogP contribution in [0.5, 0.6) is 0 Å². The van der Waals surface area contributed by atoms with Crippen LogP contribution in [0.4, 0.5) is 0 Å². The predicted molar refractivity (Wildman–Crippen MR) is 121 cm³/mol. The number of nitrogens with one attached hydrogen (secondary N) is 2. The average molecular weight is 442 g/mol. The molecule has 3 rings (SSSR count). The molecule has 2 N–H and O–H groups in total. The molecular formula is C22H27N5O3S. The van der Waals surface area contributed by atoms with Gasteiger partial charge in [-0.1, -0.05) is 29.8 Å². The number of benzene rings is 1. The number of oxazole rings is 1. The number of aryl methyl sites for hydroxylation is 2. The molecule has 1 unspecified atom stereocenters. The number of hydrogen-bond acceptors (Lipinski definition) is 7. The third-order valence-corrected chi connectivity index (χ3v) is 5.84. The number of carbonyl (C=O) groups is 1. The van der Waals surface area contributed by atoms with E-state index in [1.165, 1.54) is 16.9 Å². The number of rotatable bonds is 7. The van der Waals surface area contributed by atoms with E-state index in [-0.39, 0.29) is 12.0 Å². The molecule has 0 aliphatic carbocycles. The van der Waals surface area contributed by atoms with E-state index in [0.717, 1.165) is 16.3 Å². The van der Waals surface area contributed by atoms with E-state index in [0.29, 0.717) is 35.6 Å². The summed E-state index contributed by atoms with van der Waals surface area (Å²) in [7, 11) is 1.69. The number of ether oxygens (including phenoxy) is 1. The summed E-state index contributed by atoms with van der Waals surface area (Å²) in [5.41, 5.74) is 2.84. The third kappa shape index (κ3) is 5.69. The van der Waals surface area contributed by atoms with Crippen LogP contribution in [0.2, 0.25) is 0 Å². The summed E-state index contributed by atoms with van der Waals surface area (Å²) >= 11 is 1.32. The van der Waals surface area contributed by atoms with Crippen molar-refractivity contribution < 1.29 is 13.9 Å². The van der Waals surface area contributed by atoms with E-state index in [9.17, 15) is 4.79 Å². The molecule has 0 spiro atoms. The highest BCUT2D eigenvalue weighted by Gasteiger charge is 2.20. The Balaban J connectivity index is 1.59. The monoisotopic (exact) mass is 441 g/mol. The first-order chi connectivity index (χ1) is 14.9. The Morgan fingerprint density at radius 2 is 2.03 bits per heavy atom. The lowest BCUT2D eigenvalue weighted by molar-refractivity contribution is 0.0531. The Hall–Kier alpha value is -3.20. The van der Waals surface area contributed by atoms with Crippen molar-refractivity contribution in [2.75, 3.05) is 13.7 Å². The molecule has 3 aromatic rings. The van der Waals surface area contributed by atoms with Gasteiger partial charge in [0.2, 0.25) is 5.89 Å². The maximum Gasteiger partial charge on any atom is 0.350 e. The minimum atomic E-state index is -0.341. The molecule has 9 heteroatoms. The number of thiazole rings is 1. The molecule has 0 saturated carbocycles. The second kappa shape index (κ2) is 10.2. The highest BCUT2D eigenvalue weighted by molar-refractivity contribution is 7.13. The Kier molecular flexibility index (Phi) is 7.41. The molecule has 0 radical (unpaired) electrons. The molecule has 0 aliphatic heterocycles. The SMILES string of the molecule is CCOC(=O)c1sc(C(C)NC(=NC)NCc2ncc(-c3ccc(C)cc3)o2)nc1C. The van der Waals surface area contributed by atoms with Gasteiger partial charge in [0.15, 0.2) is 11.7 Å². The summed E-state index contributed by atoms with van der Waals surface area (Å²) in [6, 6.07) is 7.95. The first-order valence-corrected chi connectivity index (χ1v) is 10.9. The zero-order chi connectivity index (χ0) is 22.4. The zero-order valence-corrected chi connectivity index (χ0v) is 19.2. The van der Waals surface area contributed by atoms with Gasteiger partial charge in [-0.3, -0.25) is 4.99 Å². The zero-order valence-electron chi connectivity index (χ0n) is 18.4. The Morgan fingerprint density at radius 1 is 1.29 bits per heavy atom. The van der Waals surface area contributed by atoms with Gasteiger partial charge in [-0.2, -0.15) is 0 Å². The molecule has 2 aromatic heterocycles. The van der Waals surface area contributed by atoms with Crippen molar-refractivity contribution in [1.29, 1.82) is 0 Å². The quantitative estimate of drug-likeness (QED) is 0.324. The number of aliphatic imine (C=N–C) groups is 1. The number of esters is 1. The molecule has 0 bridgehead atoms. The van der Waals surface area contributed by atoms with Crippen LogP contribution < -0.4 is 10.6 Å². The lowest BCUT2D eigenvalue weighted by Crippen LogP contribution is -2.38. The van der Waals surface area contributed by atoms with Crippen molar-refractivity contribution in [3.8, 4) is 11.3 Å². The topological polar surface area (TPSA) is 102 Å². The van der Waals surface area contributed by atoms with Crippen molar-refractivity contribution in [2.24, 2.45) is 4.99 Å². The number of carbonyl (C=O) groups excluding carboxylic acids is 1. The molecule has 31 heavy (non-hydrogen) atoms. The van der Waals surface area contributed by atoms with E-state index < -0.39 is 0 Å². The Labute approximate surface area is 185 Å². The summed E-state index contributed by atoms with van der Waals surface area (Å²) < 4.78 is 10.9. The van der Waals surface area contributed by atoms with Crippen molar-refractivity contribution in [3.05, 3.63) is 57.5 Å². The van der Waals surface area contributed by atoms with Crippen molar-refractivity contribution in [1.82, 2.24) is 20.6 Å². The summed E-state index contributed by atoms with van der Waals surface area (Å²) in [5.74, 6) is 1.51. The second-order valence-corrected chi connectivity index (χ2v) is 7.99. The minimum absolute atomic E-state index is 0.147. The van der Waals surface area contributed by atoms with Crippen molar-refractivity contribution in [3.63, 3.8) is 0 Å². The molecule has 0 amide bonds. The lowest BCUT2D eigenvalue weighted by Gasteiger charge is -2.15. The van der Waals surface area contributed by atoms with Gasteiger partial charge in [0, 0.05) is 12.6 Å². The summed E-state index contributed by atoms with van der Waals surface area (Å²) in [6.07, 6.45) is 1.72. The smallest absolute Gasteiger partial charge is 0.350 e. The average Bonchev–Trinajstić information content (AvgIpc) is 3.38. The number of nitrogens with zero attached hydrogens (tertiary/aromatic N) is 3. The van der Waals surface area contributed by atoms with Crippen LogP contribution in [-0.2, 0) is 11.3 Å². The van der Waals surface area contributed by atoms with Crippen LogP contribution in [0, 0.1) is 13.8 Å². The summed E-state index contributed by atoms with van der Waals surface area (Å²) in [5, 5.41) is 7.25. The molecule has 164 valence electrons. The van der Waals surface area contributed by atoms with Crippen molar-refractivity contribution >= 4 is 23.3 Å². The normalized spacial score (nSPS) is 12.5. The fourth-order valence-corrected chi connectivity index (χ4v) is 3.82. The van der Waals surface area contributed by atoms with E-state index in [1.807, 2.05) is 38.1 Å². The van der Waals surface area contributed by atoms with E-state index in [2.05, 4.69) is 25.6 Å². The molecule has 2 heterocycles. The highest BCUT2D eigenvalue weighted by Crippen LogP contribution is 2.24. The van der Waals surface area contributed by atoms with Crippen LogP contribution in [0.25, 0.3) is 11.3 Å². The lowest BCUT2D eigenvalue weighted by atomic mass is 10.1. The second-order valence-electron chi connectivity index (χ2n) is 6.96. The van der Waals surface area contributed by atoms with Gasteiger partial charge < -0.3 is 19.8 Å². The fourth-order valence-electron chi connectivity index (χ4n) is 2.85. The van der Waals surface area contributed by atoms with Gasteiger partial charge in [0.25, 0.3) is 0 Å². The van der Waals surface area contributed by atoms with Gasteiger partial charge in [0.1, 0.15) is 9.88 Å². The van der Waals surface area contributed by atoms with Gasteiger partial charge in [0.05, 0.1) is 31.1 Å². The van der Waals surface area contributed by atoms with Gasteiger partial charge in [-0.25, -0.2) is 14.8 Å². The number of guanidine groups is 1. The molecule has 8 nitrogen and oxygen atoms in total. The van der Waals surface area contributed by atoms with Crippen LogP contribution in [0.15, 0.2) is 39.9 Å². The van der Waals surface area contributed by atoms with E-state index >= 15 is 0 Å². The standard InChI is InChI=1S/C22H27N5O3S/c1-6-29-21(28)19-14(3)26-20(31-19)15(4)27-22(23-5)25-12-18-24-11-17(30-18)16-9-7-13(2)8-10-16/h7-11,15H,6,12H2,1-5H3,(H2,23,25,27). The number of aromatic nitrogens is 2. The molecule has 0 aliphatic rings. The van der Waals surface area contributed by atoms with E-state index in [1.54, 1.807) is 27.1 Å². The Bertz CT molecular complexity index is 1060. The largest absolute Gasteiger partial charge is 0.462 e. The van der Waals surface area contributed by atoms with Gasteiger partial charge >= 0.3 is 5.97 Å². The molecule has 1 atom stereocenters. The van der Waals surface area contributed by atoms with Gasteiger partial charge in [-0.05, 0) is 27.7 Å². The maximum atomic E-state index is 12.0. The van der Waals surface area contributed by atoms with Gasteiger partial charge in [-0.15, -0.1) is 11.3 Å². The molecule has 0 saturated heterocycles. The third-order valence-electron chi connectivity index (χ3n) is 4.52. The van der Waals surface area contributed by atoms with Crippen LogP contribution >= 0.6 is 11.3 Å². The molecule has 0 fully saturated rings. The van der Waals surface area contributed by atoms with Crippen LogP contribution in [-0.4, -0.2) is 35.6 Å².